The van der Waals surface area contributed by atoms with Crippen molar-refractivity contribution in [1.29, 1.82) is 0 Å². The second kappa shape index (κ2) is 7.32. The van der Waals surface area contributed by atoms with E-state index in [9.17, 15) is 14.9 Å². The summed E-state index contributed by atoms with van der Waals surface area (Å²) in [6, 6.07) is 10.4. The molecule has 0 saturated heterocycles. The van der Waals surface area contributed by atoms with Crippen LogP contribution in [0.4, 0.5) is 11.4 Å². The van der Waals surface area contributed by atoms with Gasteiger partial charge in [0.05, 0.1) is 16.1 Å². The summed E-state index contributed by atoms with van der Waals surface area (Å²) in [5.74, 6) is 0.598. The fraction of sp³-hybridized carbons (Fsp3) is 0.222. The number of imidazole rings is 1. The first-order chi connectivity index (χ1) is 12.5. The minimum absolute atomic E-state index is 0.107. The third kappa shape index (κ3) is 3.55. The minimum Gasteiger partial charge on any atom is -0.338 e. The quantitative estimate of drug-likeness (QED) is 0.386. The molecular weight excluding hydrogens is 334 g/mol. The summed E-state index contributed by atoms with van der Waals surface area (Å²) in [7, 11) is 3.85. The first-order valence-electron chi connectivity index (χ1n) is 8.11. The monoisotopic (exact) mass is 353 g/mol. The first kappa shape index (κ1) is 17.6. The van der Waals surface area contributed by atoms with Crippen LogP contribution in [0.15, 0.2) is 36.4 Å². The lowest BCUT2D eigenvalue weighted by molar-refractivity contribution is -0.385. The van der Waals surface area contributed by atoms with Gasteiger partial charge < -0.3 is 15.2 Å². The maximum atomic E-state index is 11.3. The van der Waals surface area contributed by atoms with Crippen molar-refractivity contribution in [1.82, 2.24) is 14.9 Å². The van der Waals surface area contributed by atoms with Gasteiger partial charge in [-0.05, 0) is 44.8 Å². The molecular formula is C18H19N5O3. The van der Waals surface area contributed by atoms with E-state index in [1.807, 2.05) is 31.1 Å². The van der Waals surface area contributed by atoms with Gasteiger partial charge in [-0.25, -0.2) is 4.98 Å². The summed E-state index contributed by atoms with van der Waals surface area (Å²) < 4.78 is 0. The van der Waals surface area contributed by atoms with Gasteiger partial charge in [-0.2, -0.15) is 0 Å². The largest absolute Gasteiger partial charge is 0.338 e. The van der Waals surface area contributed by atoms with Crippen molar-refractivity contribution in [3.8, 4) is 11.4 Å². The molecule has 134 valence electrons. The highest BCUT2D eigenvalue weighted by atomic mass is 16.6. The Labute approximate surface area is 150 Å². The molecule has 0 aliphatic carbocycles. The van der Waals surface area contributed by atoms with Crippen molar-refractivity contribution < 1.29 is 9.72 Å². The van der Waals surface area contributed by atoms with Gasteiger partial charge in [-0.3, -0.25) is 14.9 Å². The number of aromatic nitrogens is 2. The zero-order valence-corrected chi connectivity index (χ0v) is 14.5. The number of nitrogens with one attached hydrogen (secondary N) is 2. The van der Waals surface area contributed by atoms with Crippen molar-refractivity contribution in [2.45, 2.75) is 6.42 Å². The molecule has 1 amide bonds. The zero-order valence-electron chi connectivity index (χ0n) is 14.5. The summed E-state index contributed by atoms with van der Waals surface area (Å²) in [5.41, 5.74) is 3.55. The number of hydrogen-bond donors (Lipinski definition) is 2. The van der Waals surface area contributed by atoms with E-state index in [2.05, 4.69) is 15.3 Å². The molecule has 0 spiro atoms. The van der Waals surface area contributed by atoms with Gasteiger partial charge >= 0.3 is 0 Å². The van der Waals surface area contributed by atoms with Crippen LogP contribution in [0.2, 0.25) is 0 Å². The SMILES string of the molecule is CN(C)CCc1cc(-c2nc3c(NC=O)cccc3[nH]2)ccc1[N+](=O)[O-]. The second-order valence-electron chi connectivity index (χ2n) is 6.20. The highest BCUT2D eigenvalue weighted by molar-refractivity contribution is 5.94. The molecule has 26 heavy (non-hydrogen) atoms. The Hall–Kier alpha value is -3.26. The number of para-hydroxylation sites is 1. The van der Waals surface area contributed by atoms with Crippen LogP contribution in [-0.2, 0) is 11.2 Å². The fourth-order valence-corrected chi connectivity index (χ4v) is 2.80. The number of nitro benzene ring substituents is 1. The van der Waals surface area contributed by atoms with E-state index in [0.717, 1.165) is 11.1 Å². The van der Waals surface area contributed by atoms with Crippen molar-refractivity contribution in [3.63, 3.8) is 0 Å². The van der Waals surface area contributed by atoms with Crippen LogP contribution in [0.25, 0.3) is 22.4 Å². The van der Waals surface area contributed by atoms with Gasteiger partial charge in [0.2, 0.25) is 6.41 Å². The predicted molar refractivity (Wildman–Crippen MR) is 100 cm³/mol. The average molecular weight is 353 g/mol. The van der Waals surface area contributed by atoms with E-state index in [-0.39, 0.29) is 10.6 Å². The second-order valence-corrected chi connectivity index (χ2v) is 6.20. The first-order valence-corrected chi connectivity index (χ1v) is 8.11. The Morgan fingerprint density at radius 2 is 2.12 bits per heavy atom. The number of carbonyl (C=O) groups is 1. The molecule has 0 atom stereocenters. The zero-order chi connectivity index (χ0) is 18.7. The molecule has 3 rings (SSSR count). The van der Waals surface area contributed by atoms with Crippen LogP contribution in [-0.4, -0.2) is 46.8 Å². The number of aromatic amines is 1. The average Bonchev–Trinajstić information content (AvgIpc) is 3.05. The Kier molecular flexibility index (Phi) is 4.94. The number of benzene rings is 2. The van der Waals surface area contributed by atoms with E-state index >= 15 is 0 Å². The highest BCUT2D eigenvalue weighted by Crippen LogP contribution is 2.29. The molecule has 8 nitrogen and oxygen atoms in total. The van der Waals surface area contributed by atoms with Crippen LogP contribution >= 0.6 is 0 Å². The van der Waals surface area contributed by atoms with Gasteiger partial charge in [-0.1, -0.05) is 6.07 Å². The van der Waals surface area contributed by atoms with Gasteiger partial charge in [0.15, 0.2) is 0 Å². The number of amides is 1. The van der Waals surface area contributed by atoms with E-state index in [1.54, 1.807) is 18.2 Å². The number of likely N-dealkylation sites (N-methyl/N-ethyl adjacent to an activating group) is 1. The summed E-state index contributed by atoms with van der Waals surface area (Å²) in [6.07, 6.45) is 1.17. The summed E-state index contributed by atoms with van der Waals surface area (Å²) in [6.45, 7) is 0.706. The number of nitrogens with zero attached hydrogens (tertiary/aromatic N) is 3. The molecule has 8 heteroatoms. The van der Waals surface area contributed by atoms with Crippen molar-refractivity contribution in [2.75, 3.05) is 26.0 Å². The molecule has 0 unspecified atom stereocenters. The van der Waals surface area contributed by atoms with Crippen molar-refractivity contribution in [3.05, 3.63) is 52.1 Å². The van der Waals surface area contributed by atoms with E-state index in [0.29, 0.717) is 42.0 Å². The van der Waals surface area contributed by atoms with Crippen LogP contribution in [0.3, 0.4) is 0 Å². The number of anilines is 1. The number of fused-ring (bicyclic) bond motifs is 1. The molecule has 0 saturated carbocycles. The lowest BCUT2D eigenvalue weighted by Gasteiger charge is -2.10. The maximum absolute atomic E-state index is 11.3. The number of nitro groups is 1. The van der Waals surface area contributed by atoms with Crippen molar-refractivity contribution >= 4 is 28.8 Å². The third-order valence-electron chi connectivity index (χ3n) is 4.11. The number of carbonyl (C=O) groups excluding carboxylic acids is 1. The normalized spacial score (nSPS) is 11.0. The van der Waals surface area contributed by atoms with Gasteiger partial charge in [0, 0.05) is 23.7 Å². The Morgan fingerprint density at radius 3 is 2.81 bits per heavy atom. The van der Waals surface area contributed by atoms with Gasteiger partial charge in [0.25, 0.3) is 5.69 Å². The molecule has 1 heterocycles. The summed E-state index contributed by atoms with van der Waals surface area (Å²) >= 11 is 0. The minimum atomic E-state index is -0.362. The fourth-order valence-electron chi connectivity index (χ4n) is 2.80. The topological polar surface area (TPSA) is 104 Å². The standard InChI is InChI=1S/C18H19N5O3/c1-22(2)9-8-12-10-13(6-7-16(12)23(25)26)18-20-15-5-3-4-14(19-11-24)17(15)21-18/h3-7,10-11H,8-9H2,1-2H3,(H,19,24)(H,20,21). The van der Waals surface area contributed by atoms with Crippen LogP contribution in [0.5, 0.6) is 0 Å². The van der Waals surface area contributed by atoms with Crippen LogP contribution in [0, 0.1) is 10.1 Å². The number of hydrogen-bond acceptors (Lipinski definition) is 5. The summed E-state index contributed by atoms with van der Waals surface area (Å²) in [5, 5.41) is 13.9. The van der Waals surface area contributed by atoms with E-state index in [4.69, 9.17) is 0 Å². The third-order valence-corrected chi connectivity index (χ3v) is 4.11. The Balaban J connectivity index is 2.04. The predicted octanol–water partition coefficient (Wildman–Crippen LogP) is 2.81. The molecule has 3 aromatic rings. The molecule has 0 bridgehead atoms. The number of rotatable bonds is 7. The molecule has 2 aromatic carbocycles. The lowest BCUT2D eigenvalue weighted by atomic mass is 10.1. The molecule has 0 fully saturated rings. The maximum Gasteiger partial charge on any atom is 0.272 e. The molecule has 0 radical (unpaired) electrons. The Bertz CT molecular complexity index is 965. The van der Waals surface area contributed by atoms with E-state index < -0.39 is 0 Å². The smallest absolute Gasteiger partial charge is 0.272 e. The van der Waals surface area contributed by atoms with Gasteiger partial charge in [0.1, 0.15) is 11.3 Å². The van der Waals surface area contributed by atoms with Crippen LogP contribution < -0.4 is 5.32 Å². The lowest BCUT2D eigenvalue weighted by Crippen LogP contribution is -2.15. The van der Waals surface area contributed by atoms with E-state index in [1.165, 1.54) is 6.07 Å². The highest BCUT2D eigenvalue weighted by Gasteiger charge is 2.16. The van der Waals surface area contributed by atoms with Crippen LogP contribution in [0.1, 0.15) is 5.56 Å². The molecule has 0 aliphatic rings. The van der Waals surface area contributed by atoms with Crippen molar-refractivity contribution in [2.24, 2.45) is 0 Å². The molecule has 2 N–H and O–H groups in total. The van der Waals surface area contributed by atoms with Gasteiger partial charge in [-0.15, -0.1) is 0 Å². The molecule has 0 aliphatic heterocycles. The summed E-state index contributed by atoms with van der Waals surface area (Å²) in [4.78, 5) is 31.4. The Morgan fingerprint density at radius 1 is 1.31 bits per heavy atom. The molecule has 1 aromatic heterocycles. The number of H-pyrrole nitrogens is 1.